The molecule has 23 heavy (non-hydrogen) atoms. The monoisotopic (exact) mass is 312 g/mol. The molecule has 2 aromatic carbocycles. The number of benzene rings is 2. The van der Waals surface area contributed by atoms with Gasteiger partial charge in [-0.2, -0.15) is 0 Å². The van der Waals surface area contributed by atoms with Gasteiger partial charge in [0, 0.05) is 12.2 Å². The van der Waals surface area contributed by atoms with E-state index >= 15 is 0 Å². The third-order valence-electron chi connectivity index (χ3n) is 3.33. The quantitative estimate of drug-likeness (QED) is 0.635. The molecule has 0 bridgehead atoms. The lowest BCUT2D eigenvalue weighted by Crippen LogP contribution is -2.29. The van der Waals surface area contributed by atoms with E-state index in [0.29, 0.717) is 17.8 Å². The van der Waals surface area contributed by atoms with E-state index < -0.39 is 5.97 Å². The molecule has 0 aromatic heterocycles. The number of esters is 1. The van der Waals surface area contributed by atoms with Crippen molar-refractivity contribution in [3.63, 3.8) is 0 Å². The summed E-state index contributed by atoms with van der Waals surface area (Å²) < 4.78 is 4.62. The molecular formula is C18H20N2O3. The van der Waals surface area contributed by atoms with E-state index in [1.807, 2.05) is 18.2 Å². The Labute approximate surface area is 135 Å². The topological polar surface area (TPSA) is 67.4 Å². The Morgan fingerprint density at radius 1 is 1.00 bits per heavy atom. The van der Waals surface area contributed by atoms with Crippen molar-refractivity contribution in [2.45, 2.75) is 12.8 Å². The van der Waals surface area contributed by atoms with Gasteiger partial charge in [-0.15, -0.1) is 0 Å². The van der Waals surface area contributed by atoms with Crippen LogP contribution in [-0.2, 0) is 11.2 Å². The van der Waals surface area contributed by atoms with Crippen LogP contribution in [0.5, 0.6) is 0 Å². The van der Waals surface area contributed by atoms with Crippen LogP contribution in [0.3, 0.4) is 0 Å². The molecule has 2 aromatic rings. The van der Waals surface area contributed by atoms with Crippen LogP contribution in [0.15, 0.2) is 54.6 Å². The second-order valence-electron chi connectivity index (χ2n) is 5.04. The molecule has 0 saturated heterocycles. The van der Waals surface area contributed by atoms with Crippen LogP contribution in [0.4, 0.5) is 10.5 Å². The molecule has 0 atom stereocenters. The van der Waals surface area contributed by atoms with Gasteiger partial charge in [-0.1, -0.05) is 30.3 Å². The zero-order valence-corrected chi connectivity index (χ0v) is 13.0. The zero-order chi connectivity index (χ0) is 16.5. The highest BCUT2D eigenvalue weighted by atomic mass is 16.5. The van der Waals surface area contributed by atoms with Crippen LogP contribution >= 0.6 is 0 Å². The van der Waals surface area contributed by atoms with E-state index in [9.17, 15) is 9.59 Å². The molecule has 5 nitrogen and oxygen atoms in total. The molecule has 0 radical (unpaired) electrons. The third-order valence-corrected chi connectivity index (χ3v) is 3.33. The maximum absolute atomic E-state index is 11.8. The van der Waals surface area contributed by atoms with Crippen molar-refractivity contribution in [2.75, 3.05) is 19.0 Å². The first-order valence-corrected chi connectivity index (χ1v) is 7.46. The first-order chi connectivity index (χ1) is 11.2. The third kappa shape index (κ3) is 5.47. The summed E-state index contributed by atoms with van der Waals surface area (Å²) in [6.45, 7) is 0.598. The first kappa shape index (κ1) is 16.5. The minimum Gasteiger partial charge on any atom is -0.465 e. The maximum atomic E-state index is 11.8. The van der Waals surface area contributed by atoms with Crippen molar-refractivity contribution in [3.05, 3.63) is 65.7 Å². The number of rotatable bonds is 6. The van der Waals surface area contributed by atoms with Gasteiger partial charge in [0.15, 0.2) is 0 Å². The molecule has 0 aliphatic heterocycles. The van der Waals surface area contributed by atoms with E-state index in [4.69, 9.17) is 0 Å². The van der Waals surface area contributed by atoms with Crippen LogP contribution in [-0.4, -0.2) is 25.7 Å². The number of anilines is 1. The van der Waals surface area contributed by atoms with Crippen molar-refractivity contribution in [2.24, 2.45) is 0 Å². The molecule has 2 N–H and O–H groups in total. The molecule has 0 spiro atoms. The summed E-state index contributed by atoms with van der Waals surface area (Å²) in [6.07, 6.45) is 1.80. The summed E-state index contributed by atoms with van der Waals surface area (Å²) in [5, 5.41) is 5.53. The van der Waals surface area contributed by atoms with E-state index in [-0.39, 0.29) is 6.03 Å². The number of ether oxygens (including phenoxy) is 1. The predicted octanol–water partition coefficient (Wildman–Crippen LogP) is 3.23. The number of carbonyl (C=O) groups excluding carboxylic acids is 2. The molecule has 120 valence electrons. The highest BCUT2D eigenvalue weighted by Gasteiger charge is 2.05. The normalized spacial score (nSPS) is 9.96. The maximum Gasteiger partial charge on any atom is 0.337 e. The molecule has 0 heterocycles. The van der Waals surface area contributed by atoms with Crippen molar-refractivity contribution in [1.29, 1.82) is 0 Å². The number of urea groups is 1. The summed E-state index contributed by atoms with van der Waals surface area (Å²) in [5.74, 6) is -0.401. The Bertz CT molecular complexity index is 639. The molecular weight excluding hydrogens is 292 g/mol. The van der Waals surface area contributed by atoms with Crippen LogP contribution in [0, 0.1) is 0 Å². The molecule has 0 saturated carbocycles. The first-order valence-electron chi connectivity index (χ1n) is 7.46. The fraction of sp³-hybridized carbons (Fsp3) is 0.222. The van der Waals surface area contributed by atoms with Crippen LogP contribution in [0.2, 0.25) is 0 Å². The molecule has 0 fully saturated rings. The number of amides is 2. The summed E-state index contributed by atoms with van der Waals surface area (Å²) in [6, 6.07) is 16.4. The fourth-order valence-electron chi connectivity index (χ4n) is 2.12. The second kappa shape index (κ2) is 8.58. The van der Waals surface area contributed by atoms with E-state index in [1.54, 1.807) is 24.3 Å². The number of aryl methyl sites for hydroxylation is 1. The molecule has 2 rings (SSSR count). The van der Waals surface area contributed by atoms with Crippen molar-refractivity contribution >= 4 is 17.7 Å². The van der Waals surface area contributed by atoms with Gasteiger partial charge in [-0.25, -0.2) is 9.59 Å². The fourth-order valence-corrected chi connectivity index (χ4v) is 2.12. The highest BCUT2D eigenvalue weighted by molar-refractivity contribution is 5.92. The average molecular weight is 312 g/mol. The minimum absolute atomic E-state index is 0.260. The Morgan fingerprint density at radius 2 is 1.70 bits per heavy atom. The Balaban J connectivity index is 1.71. The molecule has 0 aliphatic carbocycles. The number of methoxy groups -OCH3 is 1. The lowest BCUT2D eigenvalue weighted by atomic mass is 10.1. The van der Waals surface area contributed by atoms with Crippen LogP contribution < -0.4 is 10.6 Å². The van der Waals surface area contributed by atoms with Gasteiger partial charge in [0.25, 0.3) is 0 Å². The van der Waals surface area contributed by atoms with Gasteiger partial charge in [0.1, 0.15) is 0 Å². The Hall–Kier alpha value is -2.82. The summed E-state index contributed by atoms with van der Waals surface area (Å²) in [7, 11) is 1.33. The second-order valence-corrected chi connectivity index (χ2v) is 5.04. The standard InChI is InChI=1S/C18H20N2O3/c1-23-17(21)15-9-11-16(12-10-15)20-18(22)19-13-5-8-14-6-3-2-4-7-14/h2-4,6-7,9-12H,5,8,13H2,1H3,(H2,19,20,22). The molecule has 0 aliphatic rings. The van der Waals surface area contributed by atoms with Gasteiger partial charge in [-0.05, 0) is 42.7 Å². The smallest absolute Gasteiger partial charge is 0.337 e. The van der Waals surface area contributed by atoms with Gasteiger partial charge in [0.05, 0.1) is 12.7 Å². The molecule has 2 amide bonds. The van der Waals surface area contributed by atoms with Crippen LogP contribution in [0.25, 0.3) is 0 Å². The van der Waals surface area contributed by atoms with E-state index in [1.165, 1.54) is 12.7 Å². The van der Waals surface area contributed by atoms with E-state index in [0.717, 1.165) is 12.8 Å². The SMILES string of the molecule is COC(=O)c1ccc(NC(=O)NCCCc2ccccc2)cc1. The average Bonchev–Trinajstić information content (AvgIpc) is 2.59. The summed E-state index contributed by atoms with van der Waals surface area (Å²) in [4.78, 5) is 23.1. The van der Waals surface area contributed by atoms with Crippen LogP contribution in [0.1, 0.15) is 22.3 Å². The largest absolute Gasteiger partial charge is 0.465 e. The highest BCUT2D eigenvalue weighted by Crippen LogP contribution is 2.10. The zero-order valence-electron chi connectivity index (χ0n) is 13.0. The van der Waals surface area contributed by atoms with Crippen molar-refractivity contribution in [3.8, 4) is 0 Å². The molecule has 5 heteroatoms. The number of hydrogen-bond acceptors (Lipinski definition) is 3. The number of hydrogen-bond donors (Lipinski definition) is 2. The Kier molecular flexibility index (Phi) is 6.17. The van der Waals surface area contributed by atoms with E-state index in [2.05, 4.69) is 27.5 Å². The van der Waals surface area contributed by atoms with Crippen molar-refractivity contribution < 1.29 is 14.3 Å². The Morgan fingerprint density at radius 3 is 2.35 bits per heavy atom. The minimum atomic E-state index is -0.401. The number of carbonyl (C=O) groups is 2. The summed E-state index contributed by atoms with van der Waals surface area (Å²) in [5.41, 5.74) is 2.33. The lowest BCUT2D eigenvalue weighted by Gasteiger charge is -2.08. The van der Waals surface area contributed by atoms with Gasteiger partial charge in [-0.3, -0.25) is 0 Å². The summed E-state index contributed by atoms with van der Waals surface area (Å²) >= 11 is 0. The van der Waals surface area contributed by atoms with Gasteiger partial charge < -0.3 is 15.4 Å². The predicted molar refractivity (Wildman–Crippen MR) is 89.6 cm³/mol. The molecule has 0 unspecified atom stereocenters. The lowest BCUT2D eigenvalue weighted by molar-refractivity contribution is 0.0601. The van der Waals surface area contributed by atoms with Gasteiger partial charge >= 0.3 is 12.0 Å². The van der Waals surface area contributed by atoms with Gasteiger partial charge in [0.2, 0.25) is 0 Å². The number of nitrogens with one attached hydrogen (secondary N) is 2. The van der Waals surface area contributed by atoms with Crippen molar-refractivity contribution in [1.82, 2.24) is 5.32 Å².